The van der Waals surface area contributed by atoms with Gasteiger partial charge in [0.15, 0.2) is 0 Å². The number of alkyl carbamates (subject to hydrolysis) is 1. The van der Waals surface area contributed by atoms with E-state index in [1.54, 1.807) is 0 Å². The van der Waals surface area contributed by atoms with E-state index in [0.717, 1.165) is 19.3 Å². The van der Waals surface area contributed by atoms with Crippen LogP contribution in [0.3, 0.4) is 0 Å². The van der Waals surface area contributed by atoms with E-state index in [9.17, 15) is 19.5 Å². The number of hydrogen-bond donors (Lipinski definition) is 3. The highest BCUT2D eigenvalue weighted by atomic mass is 16.5. The van der Waals surface area contributed by atoms with E-state index >= 15 is 0 Å². The van der Waals surface area contributed by atoms with Crippen LogP contribution in [0.25, 0.3) is 11.1 Å². The second-order valence-electron chi connectivity index (χ2n) is 10.5. The molecule has 2 aromatic carbocycles. The molecule has 0 aromatic heterocycles. The molecule has 6 unspecified atom stereocenters. The Bertz CT molecular complexity index is 1130. The van der Waals surface area contributed by atoms with Crippen molar-refractivity contribution in [2.75, 3.05) is 13.2 Å². The van der Waals surface area contributed by atoms with Gasteiger partial charge in [-0.3, -0.25) is 9.59 Å². The molecule has 6 rings (SSSR count). The van der Waals surface area contributed by atoms with E-state index in [-0.39, 0.29) is 48.1 Å². The average molecular weight is 475 g/mol. The van der Waals surface area contributed by atoms with Gasteiger partial charge in [0.2, 0.25) is 5.91 Å². The predicted molar refractivity (Wildman–Crippen MR) is 129 cm³/mol. The van der Waals surface area contributed by atoms with Crippen LogP contribution < -0.4 is 10.6 Å². The van der Waals surface area contributed by atoms with Gasteiger partial charge in [-0.15, -0.1) is 0 Å². The number of ether oxygens (including phenoxy) is 1. The fraction of sp³-hybridized carbons (Fsp3) is 0.464. The Morgan fingerprint density at radius 1 is 0.914 bits per heavy atom. The highest BCUT2D eigenvalue weighted by Gasteiger charge is 2.53. The third kappa shape index (κ3) is 3.97. The smallest absolute Gasteiger partial charge is 0.407 e. The lowest BCUT2D eigenvalue weighted by Gasteiger charge is -2.29. The Kier molecular flexibility index (Phi) is 5.50. The maximum absolute atomic E-state index is 12.7. The normalized spacial score (nSPS) is 29.8. The largest absolute Gasteiger partial charge is 0.481 e. The van der Waals surface area contributed by atoms with Crippen molar-refractivity contribution >= 4 is 18.0 Å². The number of aliphatic carboxylic acids is 1. The summed E-state index contributed by atoms with van der Waals surface area (Å²) in [6.45, 7) is 0.642. The molecule has 182 valence electrons. The molecular formula is C28H30N2O5. The lowest BCUT2D eigenvalue weighted by molar-refractivity contribution is -0.144. The summed E-state index contributed by atoms with van der Waals surface area (Å²) in [5.74, 6) is -0.964. The maximum Gasteiger partial charge on any atom is 0.407 e. The van der Waals surface area contributed by atoms with E-state index in [2.05, 4.69) is 34.9 Å². The van der Waals surface area contributed by atoms with Gasteiger partial charge in [0.1, 0.15) is 6.61 Å². The molecule has 2 amide bonds. The first-order chi connectivity index (χ1) is 17.0. The number of amides is 2. The van der Waals surface area contributed by atoms with Gasteiger partial charge in [0, 0.05) is 24.4 Å². The van der Waals surface area contributed by atoms with Crippen LogP contribution >= 0.6 is 0 Å². The molecular weight excluding hydrogens is 444 g/mol. The van der Waals surface area contributed by atoms with Crippen LogP contribution in [0.5, 0.6) is 0 Å². The number of carbonyl (C=O) groups is 3. The van der Waals surface area contributed by atoms with Crippen molar-refractivity contribution in [1.82, 2.24) is 10.6 Å². The van der Waals surface area contributed by atoms with Crippen molar-refractivity contribution in [3.05, 3.63) is 59.7 Å². The number of carboxylic acids is 1. The SMILES string of the molecule is O=C(NCC1CC1C(=O)NC1C2CCC(C2)C1C(=O)O)OCC1c2ccccc2-c2ccccc21. The van der Waals surface area contributed by atoms with Gasteiger partial charge in [-0.05, 0) is 65.7 Å². The molecule has 2 bridgehead atoms. The van der Waals surface area contributed by atoms with Crippen LogP contribution in [-0.4, -0.2) is 42.3 Å². The molecule has 7 heteroatoms. The van der Waals surface area contributed by atoms with Crippen molar-refractivity contribution in [1.29, 1.82) is 0 Å². The summed E-state index contributed by atoms with van der Waals surface area (Å²) in [6.07, 6.45) is 3.07. The molecule has 4 aliphatic rings. The highest BCUT2D eigenvalue weighted by Crippen LogP contribution is 2.49. The number of fused-ring (bicyclic) bond motifs is 5. The quantitative estimate of drug-likeness (QED) is 0.567. The summed E-state index contributed by atoms with van der Waals surface area (Å²) in [6, 6.07) is 16.2. The first-order valence-electron chi connectivity index (χ1n) is 12.6. The fourth-order valence-corrected chi connectivity index (χ4v) is 6.78. The van der Waals surface area contributed by atoms with Crippen LogP contribution in [0, 0.1) is 29.6 Å². The second-order valence-corrected chi connectivity index (χ2v) is 10.5. The molecule has 0 radical (unpaired) electrons. The van der Waals surface area contributed by atoms with Crippen molar-refractivity contribution in [3.63, 3.8) is 0 Å². The molecule has 0 saturated heterocycles. The van der Waals surface area contributed by atoms with Crippen LogP contribution in [-0.2, 0) is 14.3 Å². The second kappa shape index (κ2) is 8.70. The number of carbonyl (C=O) groups excluding carboxylic acids is 2. The van der Waals surface area contributed by atoms with Crippen LogP contribution in [0.2, 0.25) is 0 Å². The first-order valence-corrected chi connectivity index (χ1v) is 12.6. The van der Waals surface area contributed by atoms with E-state index in [1.165, 1.54) is 22.3 Å². The van der Waals surface area contributed by atoms with Crippen molar-refractivity contribution in [3.8, 4) is 11.1 Å². The summed E-state index contributed by atoms with van der Waals surface area (Å²) >= 11 is 0. The van der Waals surface area contributed by atoms with E-state index in [0.29, 0.717) is 13.0 Å². The van der Waals surface area contributed by atoms with Crippen LogP contribution in [0.1, 0.15) is 42.7 Å². The Balaban J connectivity index is 0.985. The molecule has 7 nitrogen and oxygen atoms in total. The van der Waals surface area contributed by atoms with E-state index < -0.39 is 18.0 Å². The van der Waals surface area contributed by atoms with E-state index in [4.69, 9.17) is 4.74 Å². The minimum atomic E-state index is -0.799. The average Bonchev–Trinajstić information content (AvgIpc) is 3.19. The number of hydrogen-bond acceptors (Lipinski definition) is 4. The standard InChI is InChI=1S/C28H30N2O5/c31-26(30-25-16-10-9-15(11-16)24(25)27(32)33)22-12-17(22)13-29-28(34)35-14-23-20-7-3-1-5-18(20)19-6-2-4-8-21(19)23/h1-8,15-17,22-25H,9-14H2,(H,29,34)(H,30,31)(H,32,33). The van der Waals surface area contributed by atoms with Gasteiger partial charge in [-0.25, -0.2) is 4.79 Å². The zero-order chi connectivity index (χ0) is 24.1. The number of benzene rings is 2. The Morgan fingerprint density at radius 3 is 2.26 bits per heavy atom. The minimum absolute atomic E-state index is 0.0107. The number of rotatable bonds is 7. The van der Waals surface area contributed by atoms with Gasteiger partial charge in [0.05, 0.1) is 5.92 Å². The summed E-state index contributed by atoms with van der Waals surface area (Å²) in [5.41, 5.74) is 4.70. The van der Waals surface area contributed by atoms with Gasteiger partial charge < -0.3 is 20.5 Å². The zero-order valence-corrected chi connectivity index (χ0v) is 19.5. The third-order valence-electron chi connectivity index (χ3n) is 8.62. The third-order valence-corrected chi connectivity index (χ3v) is 8.62. The molecule has 4 aliphatic carbocycles. The molecule has 0 spiro atoms. The zero-order valence-electron chi connectivity index (χ0n) is 19.5. The summed E-state index contributed by atoms with van der Waals surface area (Å²) < 4.78 is 5.58. The monoisotopic (exact) mass is 474 g/mol. The van der Waals surface area contributed by atoms with Crippen molar-refractivity contribution in [2.45, 2.75) is 37.6 Å². The first kappa shape index (κ1) is 22.1. The van der Waals surface area contributed by atoms with Gasteiger partial charge >= 0.3 is 12.1 Å². The van der Waals surface area contributed by atoms with Crippen LogP contribution in [0.4, 0.5) is 4.79 Å². The molecule has 3 N–H and O–H groups in total. The van der Waals surface area contributed by atoms with E-state index in [1.807, 2.05) is 24.3 Å². The summed E-state index contributed by atoms with van der Waals surface area (Å²) in [7, 11) is 0. The summed E-state index contributed by atoms with van der Waals surface area (Å²) in [4.78, 5) is 36.9. The highest BCUT2D eigenvalue weighted by molar-refractivity contribution is 5.83. The lowest BCUT2D eigenvalue weighted by Crippen LogP contribution is -2.47. The van der Waals surface area contributed by atoms with Gasteiger partial charge in [-0.1, -0.05) is 48.5 Å². The van der Waals surface area contributed by atoms with Crippen molar-refractivity contribution in [2.24, 2.45) is 29.6 Å². The van der Waals surface area contributed by atoms with Gasteiger partial charge in [-0.2, -0.15) is 0 Å². The molecule has 3 saturated carbocycles. The van der Waals surface area contributed by atoms with Crippen molar-refractivity contribution < 1.29 is 24.2 Å². The predicted octanol–water partition coefficient (Wildman–Crippen LogP) is 3.78. The fourth-order valence-electron chi connectivity index (χ4n) is 6.78. The Labute approximate surface area is 204 Å². The topological polar surface area (TPSA) is 105 Å². The molecule has 3 fully saturated rings. The Morgan fingerprint density at radius 2 is 1.57 bits per heavy atom. The molecule has 0 aliphatic heterocycles. The number of nitrogens with one attached hydrogen (secondary N) is 2. The number of carboxylic acid groups (broad SMARTS) is 1. The van der Waals surface area contributed by atoms with Crippen LogP contribution in [0.15, 0.2) is 48.5 Å². The molecule has 35 heavy (non-hydrogen) atoms. The summed E-state index contributed by atoms with van der Waals surface area (Å²) in [5, 5.41) is 15.4. The minimum Gasteiger partial charge on any atom is -0.481 e. The molecule has 2 aromatic rings. The Hall–Kier alpha value is -3.35. The maximum atomic E-state index is 12.7. The van der Waals surface area contributed by atoms with Gasteiger partial charge in [0.25, 0.3) is 0 Å². The molecule has 6 atom stereocenters. The molecule has 0 heterocycles. The lowest BCUT2D eigenvalue weighted by atomic mass is 9.84.